The van der Waals surface area contributed by atoms with E-state index in [2.05, 4.69) is 32.7 Å². The van der Waals surface area contributed by atoms with Gasteiger partial charge in [-0.15, -0.1) is 0 Å². The lowest BCUT2D eigenvalue weighted by Crippen LogP contribution is -2.50. The summed E-state index contributed by atoms with van der Waals surface area (Å²) >= 11 is 0. The molecular formula is C37H72N2O. The van der Waals surface area contributed by atoms with Gasteiger partial charge in [0.1, 0.15) is 0 Å². The second kappa shape index (κ2) is 30.9. The van der Waals surface area contributed by atoms with Gasteiger partial charge in [-0.25, -0.2) is 0 Å². The van der Waals surface area contributed by atoms with Crippen LogP contribution in [0.5, 0.6) is 5.88 Å². The number of aromatic nitrogens is 1. The predicted octanol–water partition coefficient (Wildman–Crippen LogP) is 11.4. The first-order chi connectivity index (χ1) is 19.6. The molecule has 0 unspecified atom stereocenters. The smallest absolute Gasteiger partial charge is 0.0786 e. The maximum atomic E-state index is 10.2. The molecule has 0 saturated carbocycles. The van der Waals surface area contributed by atoms with Crippen LogP contribution >= 0.6 is 0 Å². The number of quaternary nitrogens is 1. The van der Waals surface area contributed by atoms with Crippen molar-refractivity contribution in [3.63, 3.8) is 0 Å². The summed E-state index contributed by atoms with van der Waals surface area (Å²) in [7, 11) is 0. The van der Waals surface area contributed by atoms with Crippen molar-refractivity contribution < 1.29 is 9.59 Å². The predicted molar refractivity (Wildman–Crippen MR) is 177 cm³/mol. The van der Waals surface area contributed by atoms with E-state index in [0.717, 1.165) is 0 Å². The third-order valence-electron chi connectivity index (χ3n) is 8.58. The molecule has 0 atom stereocenters. The molecule has 0 aliphatic heterocycles. The zero-order valence-electron chi connectivity index (χ0n) is 27.9. The van der Waals surface area contributed by atoms with Crippen molar-refractivity contribution >= 4 is 0 Å². The Labute approximate surface area is 252 Å². The quantitative estimate of drug-likeness (QED) is 0.0754. The highest BCUT2D eigenvalue weighted by Crippen LogP contribution is 2.20. The van der Waals surface area contributed by atoms with Gasteiger partial charge in [0.05, 0.1) is 26.2 Å². The standard InChI is InChI=1S/C32H68N.C5H5NO/c1-5-9-13-17-18-19-20-21-22-23-24-28-32-33(29-25-14-10-6-2,30-26-15-11-7-3)31-27-16-12-8-4;7-5-3-1-2-4-6-5/h5-32H2,1-4H3;1-4H,(H,6,7)/q+1;/p-1. The fourth-order valence-electron chi connectivity index (χ4n) is 5.93. The van der Waals surface area contributed by atoms with Crippen LogP contribution in [-0.4, -0.2) is 35.6 Å². The van der Waals surface area contributed by atoms with Gasteiger partial charge in [0.15, 0.2) is 0 Å². The summed E-state index contributed by atoms with van der Waals surface area (Å²) in [5, 5.41) is 10.2. The van der Waals surface area contributed by atoms with Crippen LogP contribution in [0.15, 0.2) is 24.4 Å². The second-order valence-corrected chi connectivity index (χ2v) is 12.5. The first-order valence-corrected chi connectivity index (χ1v) is 18.1. The first kappa shape index (κ1) is 38.9. The van der Waals surface area contributed by atoms with Crippen LogP contribution in [0, 0.1) is 0 Å². The Morgan fingerprint density at radius 1 is 0.450 bits per heavy atom. The molecule has 0 aromatic carbocycles. The second-order valence-electron chi connectivity index (χ2n) is 12.5. The lowest BCUT2D eigenvalue weighted by Gasteiger charge is -2.39. The Bertz CT molecular complexity index is 560. The maximum Gasteiger partial charge on any atom is 0.0786 e. The van der Waals surface area contributed by atoms with Gasteiger partial charge >= 0.3 is 0 Å². The molecular weight excluding hydrogens is 488 g/mol. The van der Waals surface area contributed by atoms with Crippen LogP contribution in [0.3, 0.4) is 0 Å². The largest absolute Gasteiger partial charge is 0.859 e. The summed E-state index contributed by atoms with van der Waals surface area (Å²) < 4.78 is 1.47. The number of hydrogen-bond donors (Lipinski definition) is 0. The van der Waals surface area contributed by atoms with Crippen molar-refractivity contribution in [1.29, 1.82) is 0 Å². The fourth-order valence-corrected chi connectivity index (χ4v) is 5.93. The van der Waals surface area contributed by atoms with Crippen molar-refractivity contribution in [2.75, 3.05) is 26.2 Å². The molecule has 236 valence electrons. The van der Waals surface area contributed by atoms with E-state index in [4.69, 9.17) is 0 Å². The Kier molecular flexibility index (Phi) is 30.0. The Morgan fingerprint density at radius 2 is 0.750 bits per heavy atom. The van der Waals surface area contributed by atoms with Crippen LogP contribution in [0.25, 0.3) is 0 Å². The molecule has 0 radical (unpaired) electrons. The highest BCUT2D eigenvalue weighted by molar-refractivity contribution is 5.04. The SMILES string of the molecule is CCCCCCCCCCCCCC[N+](CCCCCC)(CCCCCC)CCCCCC.[O-]c1ccccn1. The summed E-state index contributed by atoms with van der Waals surface area (Å²) in [4.78, 5) is 3.42. The molecule has 0 spiro atoms. The normalized spacial score (nSPS) is 11.4. The van der Waals surface area contributed by atoms with E-state index < -0.39 is 0 Å². The first-order valence-electron chi connectivity index (χ1n) is 18.1. The number of unbranched alkanes of at least 4 members (excludes halogenated alkanes) is 20. The van der Waals surface area contributed by atoms with Crippen LogP contribution in [0.1, 0.15) is 182 Å². The molecule has 0 amide bonds. The van der Waals surface area contributed by atoms with Gasteiger partial charge in [0, 0.05) is 6.20 Å². The third-order valence-corrected chi connectivity index (χ3v) is 8.58. The molecule has 3 nitrogen and oxygen atoms in total. The minimum absolute atomic E-state index is 0.178. The highest BCUT2D eigenvalue weighted by Gasteiger charge is 2.25. The summed E-state index contributed by atoms with van der Waals surface area (Å²) in [6, 6.07) is 4.79. The van der Waals surface area contributed by atoms with E-state index in [1.807, 2.05) is 0 Å². The Hall–Kier alpha value is -1.09. The van der Waals surface area contributed by atoms with Gasteiger partial charge in [-0.2, -0.15) is 0 Å². The number of hydrogen-bond acceptors (Lipinski definition) is 2. The molecule has 1 rings (SSSR count). The van der Waals surface area contributed by atoms with Gasteiger partial charge in [0.25, 0.3) is 0 Å². The van der Waals surface area contributed by atoms with E-state index in [1.54, 1.807) is 12.1 Å². The number of rotatable bonds is 28. The fraction of sp³-hybridized carbons (Fsp3) is 0.865. The average molecular weight is 561 g/mol. The van der Waals surface area contributed by atoms with Crippen LogP contribution < -0.4 is 5.11 Å². The monoisotopic (exact) mass is 561 g/mol. The van der Waals surface area contributed by atoms with Crippen LogP contribution in [-0.2, 0) is 0 Å². The van der Waals surface area contributed by atoms with Crippen molar-refractivity contribution in [1.82, 2.24) is 4.98 Å². The lowest BCUT2D eigenvalue weighted by molar-refractivity contribution is -0.929. The molecule has 1 aromatic heterocycles. The molecule has 0 saturated heterocycles. The number of pyridine rings is 1. The Morgan fingerprint density at radius 3 is 1.00 bits per heavy atom. The van der Waals surface area contributed by atoms with E-state index in [0.29, 0.717) is 0 Å². The Balaban J connectivity index is 0.00000187. The molecule has 0 aliphatic rings. The van der Waals surface area contributed by atoms with Gasteiger partial charge in [-0.05, 0) is 63.3 Å². The van der Waals surface area contributed by atoms with Gasteiger partial charge in [0.2, 0.25) is 0 Å². The van der Waals surface area contributed by atoms with E-state index in [9.17, 15) is 5.11 Å². The zero-order valence-corrected chi connectivity index (χ0v) is 27.9. The number of nitrogens with zero attached hydrogens (tertiary/aromatic N) is 2. The minimum atomic E-state index is -0.178. The lowest BCUT2D eigenvalue weighted by atomic mass is 10.0. The molecule has 0 bridgehead atoms. The maximum absolute atomic E-state index is 10.2. The van der Waals surface area contributed by atoms with E-state index in [1.165, 1.54) is 197 Å². The minimum Gasteiger partial charge on any atom is -0.859 e. The molecule has 1 aromatic rings. The molecule has 0 aliphatic carbocycles. The van der Waals surface area contributed by atoms with Crippen molar-refractivity contribution in [2.24, 2.45) is 0 Å². The highest BCUT2D eigenvalue weighted by atomic mass is 16.3. The third kappa shape index (κ3) is 25.8. The van der Waals surface area contributed by atoms with Crippen molar-refractivity contribution in [3.8, 4) is 5.88 Å². The van der Waals surface area contributed by atoms with Crippen molar-refractivity contribution in [2.45, 2.75) is 182 Å². The van der Waals surface area contributed by atoms with Gasteiger partial charge in [-0.3, -0.25) is 4.98 Å². The molecule has 40 heavy (non-hydrogen) atoms. The summed E-state index contributed by atoms with van der Waals surface area (Å²) in [5.41, 5.74) is 0. The van der Waals surface area contributed by atoms with Gasteiger partial charge in [-0.1, -0.05) is 143 Å². The van der Waals surface area contributed by atoms with Crippen LogP contribution in [0.4, 0.5) is 0 Å². The summed E-state index contributed by atoms with van der Waals surface area (Å²) in [6.07, 6.45) is 36.3. The molecule has 3 heteroatoms. The summed E-state index contributed by atoms with van der Waals surface area (Å²) in [5.74, 6) is -0.178. The summed E-state index contributed by atoms with van der Waals surface area (Å²) in [6.45, 7) is 15.2. The van der Waals surface area contributed by atoms with E-state index >= 15 is 0 Å². The molecule has 1 heterocycles. The van der Waals surface area contributed by atoms with Gasteiger partial charge < -0.3 is 9.59 Å². The molecule has 0 fully saturated rings. The van der Waals surface area contributed by atoms with Crippen LogP contribution in [0.2, 0.25) is 0 Å². The van der Waals surface area contributed by atoms with Crippen molar-refractivity contribution in [3.05, 3.63) is 24.4 Å². The zero-order chi connectivity index (χ0) is 29.4. The van der Waals surface area contributed by atoms with E-state index in [-0.39, 0.29) is 5.88 Å². The topological polar surface area (TPSA) is 36.0 Å². The molecule has 0 N–H and O–H groups in total. The average Bonchev–Trinajstić information content (AvgIpc) is 2.97.